The van der Waals surface area contributed by atoms with E-state index in [1.165, 1.54) is 0 Å². The Labute approximate surface area is 149 Å². The number of ether oxygens (including phenoxy) is 2. The molecule has 0 fully saturated rings. The Balaban J connectivity index is 2.35. The van der Waals surface area contributed by atoms with E-state index < -0.39 is 11.8 Å². The van der Waals surface area contributed by atoms with Crippen LogP contribution in [0.5, 0.6) is 17.4 Å². The molecule has 1 unspecified atom stereocenters. The van der Waals surface area contributed by atoms with E-state index >= 15 is 0 Å². The molecule has 8 nitrogen and oxygen atoms in total. The fourth-order valence-electron chi connectivity index (χ4n) is 3.04. The van der Waals surface area contributed by atoms with Gasteiger partial charge < -0.3 is 20.9 Å². The first-order valence-electron chi connectivity index (χ1n) is 7.79. The number of fused-ring (bicyclic) bond motifs is 2. The lowest BCUT2D eigenvalue weighted by molar-refractivity contribution is 0.312. The Kier molecular flexibility index (Phi) is 4.22. The number of hydrogen-bond donors (Lipinski definition) is 2. The number of nitrogen functional groups attached to an aromatic ring is 2. The average molecular weight is 346 g/mol. The third-order valence-electron chi connectivity index (χ3n) is 4.15. The molecule has 2 heterocycles. The van der Waals surface area contributed by atoms with Crippen LogP contribution in [0.25, 0.3) is 0 Å². The van der Waals surface area contributed by atoms with Crippen LogP contribution < -0.4 is 20.9 Å². The molecule has 0 bridgehead atoms. The Morgan fingerprint density at radius 3 is 2.62 bits per heavy atom. The van der Waals surface area contributed by atoms with E-state index in [-0.39, 0.29) is 22.9 Å². The quantitative estimate of drug-likeness (QED) is 0.858. The number of anilines is 2. The largest absolute Gasteiger partial charge is 0.490 e. The van der Waals surface area contributed by atoms with Crippen LogP contribution in [0.2, 0.25) is 0 Å². The summed E-state index contributed by atoms with van der Waals surface area (Å²) in [6, 6.07) is 11.1. The molecule has 0 saturated heterocycles. The van der Waals surface area contributed by atoms with Gasteiger partial charge in [-0.25, -0.2) is 0 Å². The summed E-state index contributed by atoms with van der Waals surface area (Å²) in [6.45, 7) is 2.23. The first kappa shape index (κ1) is 16.9. The number of nitrogens with two attached hydrogens (primary N) is 2. The van der Waals surface area contributed by atoms with Crippen LogP contribution in [-0.2, 0) is 0 Å². The number of hydrogen-bond acceptors (Lipinski definition) is 8. The first-order valence-corrected chi connectivity index (χ1v) is 7.79. The average Bonchev–Trinajstić information content (AvgIpc) is 2.63. The zero-order chi connectivity index (χ0) is 18.8. The van der Waals surface area contributed by atoms with Crippen molar-refractivity contribution in [3.05, 3.63) is 34.9 Å². The molecular formula is C18H14N6O2. The number of para-hydroxylation sites is 1. The predicted octanol–water partition coefficient (Wildman–Crippen LogP) is 2.42. The number of aromatic nitrogens is 1. The standard InChI is InChI=1S/C18H14N6O2/c1-2-25-12-5-3-4-10-13(9(6-19)7-20)14-15(22)11(8-21)17(23)24-18(14)26-16(10)12/h3-5,9,13H,2H2,1H3,(H4,22,23,24). The molecule has 4 N–H and O–H groups in total. The molecule has 1 atom stereocenters. The third kappa shape index (κ3) is 2.40. The Morgan fingerprint density at radius 1 is 1.27 bits per heavy atom. The molecule has 0 saturated carbocycles. The van der Waals surface area contributed by atoms with Gasteiger partial charge in [0.25, 0.3) is 0 Å². The third-order valence-corrected chi connectivity index (χ3v) is 4.15. The van der Waals surface area contributed by atoms with Gasteiger partial charge in [-0.1, -0.05) is 12.1 Å². The van der Waals surface area contributed by atoms with Crippen molar-refractivity contribution in [3.8, 4) is 35.6 Å². The zero-order valence-electron chi connectivity index (χ0n) is 13.9. The van der Waals surface area contributed by atoms with Gasteiger partial charge in [0, 0.05) is 17.0 Å². The van der Waals surface area contributed by atoms with Gasteiger partial charge in [0.05, 0.1) is 24.4 Å². The van der Waals surface area contributed by atoms with Gasteiger partial charge in [-0.15, -0.1) is 0 Å². The summed E-state index contributed by atoms with van der Waals surface area (Å²) in [5.74, 6) is -1.00. The Hall–Kier alpha value is -3.96. The van der Waals surface area contributed by atoms with Gasteiger partial charge in [-0.05, 0) is 13.0 Å². The monoisotopic (exact) mass is 346 g/mol. The minimum Gasteiger partial charge on any atom is -0.490 e. The molecule has 8 heteroatoms. The number of nitriles is 3. The van der Waals surface area contributed by atoms with Gasteiger partial charge >= 0.3 is 0 Å². The molecule has 3 rings (SSSR count). The van der Waals surface area contributed by atoms with Crippen molar-refractivity contribution in [1.29, 1.82) is 15.8 Å². The minimum atomic E-state index is -1.06. The highest BCUT2D eigenvalue weighted by molar-refractivity contribution is 5.75. The van der Waals surface area contributed by atoms with Crippen LogP contribution >= 0.6 is 0 Å². The molecule has 26 heavy (non-hydrogen) atoms. The summed E-state index contributed by atoms with van der Waals surface area (Å²) >= 11 is 0. The lowest BCUT2D eigenvalue weighted by Crippen LogP contribution is -2.21. The molecule has 0 spiro atoms. The summed E-state index contributed by atoms with van der Waals surface area (Å²) in [5, 5.41) is 28.3. The highest BCUT2D eigenvalue weighted by Crippen LogP contribution is 2.52. The maximum absolute atomic E-state index is 9.48. The highest BCUT2D eigenvalue weighted by atomic mass is 16.5. The van der Waals surface area contributed by atoms with Gasteiger partial charge in [0.2, 0.25) is 5.88 Å². The van der Waals surface area contributed by atoms with Crippen molar-refractivity contribution in [1.82, 2.24) is 4.98 Å². The minimum absolute atomic E-state index is 0.00334. The lowest BCUT2D eigenvalue weighted by Gasteiger charge is -2.30. The van der Waals surface area contributed by atoms with E-state index in [0.717, 1.165) is 0 Å². The summed E-state index contributed by atoms with van der Waals surface area (Å²) in [4.78, 5) is 4.13. The Morgan fingerprint density at radius 2 is 2.00 bits per heavy atom. The summed E-state index contributed by atoms with van der Waals surface area (Å²) in [7, 11) is 0. The number of pyridine rings is 1. The lowest BCUT2D eigenvalue weighted by atomic mass is 9.79. The molecule has 1 aromatic heterocycles. The number of benzene rings is 1. The molecule has 128 valence electrons. The normalized spacial score (nSPS) is 14.2. The van der Waals surface area contributed by atoms with Crippen LogP contribution in [-0.4, -0.2) is 11.6 Å². The summed E-state index contributed by atoms with van der Waals surface area (Å²) < 4.78 is 11.5. The van der Waals surface area contributed by atoms with Gasteiger partial charge in [0.15, 0.2) is 11.5 Å². The van der Waals surface area contributed by atoms with Crippen molar-refractivity contribution in [2.75, 3.05) is 18.1 Å². The molecule has 0 radical (unpaired) electrons. The van der Waals surface area contributed by atoms with Crippen molar-refractivity contribution >= 4 is 11.5 Å². The van der Waals surface area contributed by atoms with Crippen LogP contribution in [0.3, 0.4) is 0 Å². The van der Waals surface area contributed by atoms with Crippen LogP contribution in [0, 0.1) is 39.9 Å². The predicted molar refractivity (Wildman–Crippen MR) is 92.0 cm³/mol. The molecule has 2 aromatic rings. The van der Waals surface area contributed by atoms with Crippen LogP contribution in [0.4, 0.5) is 11.5 Å². The maximum atomic E-state index is 9.48. The van der Waals surface area contributed by atoms with E-state index in [9.17, 15) is 15.8 Å². The maximum Gasteiger partial charge on any atom is 0.227 e. The fraction of sp³-hybridized carbons (Fsp3) is 0.222. The SMILES string of the molecule is CCOc1cccc2c1Oc1nc(N)c(C#N)c(N)c1C2C(C#N)C#N. The molecule has 1 aliphatic heterocycles. The zero-order valence-corrected chi connectivity index (χ0v) is 13.9. The first-order chi connectivity index (χ1) is 12.6. The number of nitrogens with zero attached hydrogens (tertiary/aromatic N) is 4. The second kappa shape index (κ2) is 6.51. The molecule has 0 aliphatic carbocycles. The van der Waals surface area contributed by atoms with E-state index in [1.54, 1.807) is 18.2 Å². The van der Waals surface area contributed by atoms with E-state index in [1.807, 2.05) is 25.1 Å². The molecule has 0 amide bonds. The topological polar surface area (TPSA) is 155 Å². The van der Waals surface area contributed by atoms with Crippen LogP contribution in [0.1, 0.15) is 29.5 Å². The molecule has 1 aliphatic rings. The van der Waals surface area contributed by atoms with Crippen molar-refractivity contribution in [2.45, 2.75) is 12.8 Å². The number of rotatable bonds is 3. The van der Waals surface area contributed by atoms with E-state index in [2.05, 4.69) is 4.98 Å². The summed E-state index contributed by atoms with van der Waals surface area (Å²) in [5.41, 5.74) is 12.9. The Bertz CT molecular complexity index is 998. The molecular weight excluding hydrogens is 332 g/mol. The van der Waals surface area contributed by atoms with Gasteiger partial charge in [-0.2, -0.15) is 20.8 Å². The van der Waals surface area contributed by atoms with E-state index in [4.69, 9.17) is 20.9 Å². The van der Waals surface area contributed by atoms with Gasteiger partial charge in [0.1, 0.15) is 23.4 Å². The van der Waals surface area contributed by atoms with E-state index in [0.29, 0.717) is 29.2 Å². The highest BCUT2D eigenvalue weighted by Gasteiger charge is 2.39. The second-order valence-electron chi connectivity index (χ2n) is 5.54. The second-order valence-corrected chi connectivity index (χ2v) is 5.54. The molecule has 1 aromatic carbocycles. The summed E-state index contributed by atoms with van der Waals surface area (Å²) in [6.07, 6.45) is 0. The van der Waals surface area contributed by atoms with Crippen molar-refractivity contribution in [2.24, 2.45) is 5.92 Å². The van der Waals surface area contributed by atoms with Crippen molar-refractivity contribution in [3.63, 3.8) is 0 Å². The van der Waals surface area contributed by atoms with Crippen LogP contribution in [0.15, 0.2) is 18.2 Å². The van der Waals surface area contributed by atoms with Crippen molar-refractivity contribution < 1.29 is 9.47 Å². The van der Waals surface area contributed by atoms with Gasteiger partial charge in [-0.3, -0.25) is 0 Å². The smallest absolute Gasteiger partial charge is 0.227 e. The fourth-order valence-corrected chi connectivity index (χ4v) is 3.04.